The van der Waals surface area contributed by atoms with Crippen LogP contribution in [0.1, 0.15) is 44.6 Å². The highest BCUT2D eigenvalue weighted by molar-refractivity contribution is 6.30. The van der Waals surface area contributed by atoms with Crippen molar-refractivity contribution in [3.63, 3.8) is 0 Å². The SMILES string of the molecule is CC1(n2cncn2)CCCCCC1(O)c1ccc(Cl)cc1. The Balaban J connectivity index is 2.12. The molecule has 5 heteroatoms. The van der Waals surface area contributed by atoms with Crippen molar-refractivity contribution in [2.75, 3.05) is 0 Å². The van der Waals surface area contributed by atoms with E-state index in [0.29, 0.717) is 11.4 Å². The fraction of sp³-hybridized carbons (Fsp3) is 0.500. The van der Waals surface area contributed by atoms with Crippen LogP contribution in [0.3, 0.4) is 0 Å². The van der Waals surface area contributed by atoms with Gasteiger partial charge in [0, 0.05) is 5.02 Å². The summed E-state index contributed by atoms with van der Waals surface area (Å²) in [6, 6.07) is 7.51. The molecule has 1 fully saturated rings. The number of hydrogen-bond donors (Lipinski definition) is 1. The summed E-state index contributed by atoms with van der Waals surface area (Å²) in [5.41, 5.74) is -0.581. The van der Waals surface area contributed by atoms with Gasteiger partial charge in [0.05, 0.1) is 5.54 Å². The molecule has 0 radical (unpaired) electrons. The van der Waals surface area contributed by atoms with E-state index in [-0.39, 0.29) is 0 Å². The summed E-state index contributed by atoms with van der Waals surface area (Å²) < 4.78 is 1.81. The molecule has 112 valence electrons. The van der Waals surface area contributed by atoms with Crippen molar-refractivity contribution in [2.45, 2.75) is 50.2 Å². The van der Waals surface area contributed by atoms with Gasteiger partial charge in [-0.15, -0.1) is 0 Å². The van der Waals surface area contributed by atoms with Crippen LogP contribution in [-0.2, 0) is 11.1 Å². The topological polar surface area (TPSA) is 50.9 Å². The van der Waals surface area contributed by atoms with Gasteiger partial charge in [-0.05, 0) is 37.5 Å². The third-order valence-corrected chi connectivity index (χ3v) is 5.09. The molecule has 1 aliphatic carbocycles. The maximum absolute atomic E-state index is 11.6. The minimum atomic E-state index is -0.970. The molecule has 1 saturated carbocycles. The third-order valence-electron chi connectivity index (χ3n) is 4.84. The van der Waals surface area contributed by atoms with Gasteiger partial charge in [0.2, 0.25) is 0 Å². The molecule has 2 aromatic rings. The van der Waals surface area contributed by atoms with Gasteiger partial charge >= 0.3 is 0 Å². The van der Waals surface area contributed by atoms with Crippen molar-refractivity contribution in [3.8, 4) is 0 Å². The highest BCUT2D eigenvalue weighted by Crippen LogP contribution is 2.47. The Morgan fingerprint density at radius 2 is 1.86 bits per heavy atom. The van der Waals surface area contributed by atoms with Crippen molar-refractivity contribution in [3.05, 3.63) is 47.5 Å². The van der Waals surface area contributed by atoms with Crippen LogP contribution in [0.5, 0.6) is 0 Å². The number of halogens is 1. The molecule has 4 nitrogen and oxygen atoms in total. The molecule has 1 N–H and O–H groups in total. The van der Waals surface area contributed by atoms with Crippen molar-refractivity contribution >= 4 is 11.6 Å². The molecular weight excluding hydrogens is 286 g/mol. The molecule has 0 bridgehead atoms. The molecule has 0 saturated heterocycles. The lowest BCUT2D eigenvalue weighted by atomic mass is 9.73. The van der Waals surface area contributed by atoms with E-state index in [1.54, 1.807) is 6.33 Å². The Kier molecular flexibility index (Phi) is 3.76. The average Bonchev–Trinajstić information content (AvgIpc) is 2.97. The van der Waals surface area contributed by atoms with E-state index in [1.807, 2.05) is 28.9 Å². The van der Waals surface area contributed by atoms with Crippen LogP contribution in [0.4, 0.5) is 0 Å². The molecule has 3 rings (SSSR count). The highest BCUT2D eigenvalue weighted by Gasteiger charge is 2.50. The monoisotopic (exact) mass is 305 g/mol. The van der Waals surface area contributed by atoms with Crippen LogP contribution in [-0.4, -0.2) is 19.9 Å². The largest absolute Gasteiger partial charge is 0.383 e. The van der Waals surface area contributed by atoms with Gasteiger partial charge in [0.25, 0.3) is 0 Å². The zero-order valence-corrected chi connectivity index (χ0v) is 12.9. The molecule has 1 aromatic carbocycles. The lowest BCUT2D eigenvalue weighted by Crippen LogP contribution is -2.51. The van der Waals surface area contributed by atoms with E-state index < -0.39 is 11.1 Å². The van der Waals surface area contributed by atoms with Crippen LogP contribution >= 0.6 is 11.6 Å². The summed E-state index contributed by atoms with van der Waals surface area (Å²) in [4.78, 5) is 4.07. The van der Waals surface area contributed by atoms with Gasteiger partial charge in [-0.1, -0.05) is 43.0 Å². The van der Waals surface area contributed by atoms with Crippen molar-refractivity contribution in [1.29, 1.82) is 0 Å². The van der Waals surface area contributed by atoms with Gasteiger partial charge in [-0.25, -0.2) is 9.67 Å². The van der Waals surface area contributed by atoms with Gasteiger partial charge < -0.3 is 5.11 Å². The second-order valence-corrected chi connectivity index (χ2v) is 6.48. The second kappa shape index (κ2) is 5.43. The molecule has 1 aliphatic rings. The Bertz CT molecular complexity index is 598. The number of benzene rings is 1. The van der Waals surface area contributed by atoms with Gasteiger partial charge in [0.1, 0.15) is 18.3 Å². The smallest absolute Gasteiger partial charge is 0.137 e. The predicted octanol–water partition coefficient (Wildman–Crippen LogP) is 3.50. The number of hydrogen-bond acceptors (Lipinski definition) is 3. The summed E-state index contributed by atoms with van der Waals surface area (Å²) >= 11 is 5.99. The first kappa shape index (κ1) is 14.5. The lowest BCUT2D eigenvalue weighted by Gasteiger charge is -2.44. The van der Waals surface area contributed by atoms with Gasteiger partial charge in [0.15, 0.2) is 0 Å². The summed E-state index contributed by atoms with van der Waals surface area (Å²) in [7, 11) is 0. The number of aromatic nitrogens is 3. The van der Waals surface area contributed by atoms with Crippen LogP contribution in [0.2, 0.25) is 5.02 Å². The molecule has 0 spiro atoms. The second-order valence-electron chi connectivity index (χ2n) is 6.04. The normalized spacial score (nSPS) is 30.0. The van der Waals surface area contributed by atoms with E-state index in [9.17, 15) is 5.11 Å². The van der Waals surface area contributed by atoms with Crippen LogP contribution in [0, 0.1) is 0 Å². The zero-order valence-electron chi connectivity index (χ0n) is 12.2. The van der Waals surface area contributed by atoms with Crippen molar-refractivity contribution in [1.82, 2.24) is 14.8 Å². The maximum atomic E-state index is 11.6. The van der Waals surface area contributed by atoms with E-state index in [4.69, 9.17) is 11.6 Å². The van der Waals surface area contributed by atoms with E-state index in [1.165, 1.54) is 6.33 Å². The van der Waals surface area contributed by atoms with Crippen molar-refractivity contribution in [2.24, 2.45) is 0 Å². The molecule has 0 amide bonds. The zero-order chi connectivity index (χ0) is 14.9. The maximum Gasteiger partial charge on any atom is 0.137 e. The van der Waals surface area contributed by atoms with Gasteiger partial charge in [-0.3, -0.25) is 0 Å². The summed E-state index contributed by atoms with van der Waals surface area (Å²) in [6.45, 7) is 2.07. The third kappa shape index (κ3) is 2.36. The fourth-order valence-electron chi connectivity index (χ4n) is 3.45. The predicted molar refractivity (Wildman–Crippen MR) is 82.1 cm³/mol. The first-order valence-electron chi connectivity index (χ1n) is 7.40. The van der Waals surface area contributed by atoms with Crippen LogP contribution in [0.15, 0.2) is 36.9 Å². The molecule has 1 heterocycles. The van der Waals surface area contributed by atoms with E-state index in [2.05, 4.69) is 17.0 Å². The number of aliphatic hydroxyl groups is 1. The molecule has 0 aliphatic heterocycles. The number of rotatable bonds is 2. The first-order chi connectivity index (χ1) is 10.1. The first-order valence-corrected chi connectivity index (χ1v) is 7.78. The average molecular weight is 306 g/mol. The summed E-state index contributed by atoms with van der Waals surface area (Å²) in [6.07, 6.45) is 8.01. The number of nitrogens with zero attached hydrogens (tertiary/aromatic N) is 3. The molecule has 1 aromatic heterocycles. The lowest BCUT2D eigenvalue weighted by molar-refractivity contribution is -0.0854. The van der Waals surface area contributed by atoms with E-state index in [0.717, 1.165) is 31.2 Å². The Labute approximate surface area is 129 Å². The Hall–Kier alpha value is -1.39. The summed E-state index contributed by atoms with van der Waals surface area (Å²) in [5.74, 6) is 0. The molecule has 21 heavy (non-hydrogen) atoms. The van der Waals surface area contributed by atoms with Crippen LogP contribution in [0.25, 0.3) is 0 Å². The molecule has 2 unspecified atom stereocenters. The highest BCUT2D eigenvalue weighted by atomic mass is 35.5. The quantitative estimate of drug-likeness (QED) is 0.864. The molecular formula is C16H20ClN3O. The standard InChI is InChI=1S/C16H20ClN3O/c1-15(20-12-18-11-19-20)9-3-2-4-10-16(15,21)13-5-7-14(17)8-6-13/h5-8,11-12,21H,2-4,9-10H2,1H3. The van der Waals surface area contributed by atoms with Gasteiger partial charge in [-0.2, -0.15) is 5.10 Å². The molecule has 2 atom stereocenters. The van der Waals surface area contributed by atoms with Crippen molar-refractivity contribution < 1.29 is 5.11 Å². The Morgan fingerprint density at radius 3 is 2.52 bits per heavy atom. The van der Waals surface area contributed by atoms with Crippen LogP contribution < -0.4 is 0 Å². The summed E-state index contributed by atoms with van der Waals surface area (Å²) in [5, 5.41) is 16.6. The fourth-order valence-corrected chi connectivity index (χ4v) is 3.58. The van der Waals surface area contributed by atoms with E-state index >= 15 is 0 Å². The Morgan fingerprint density at radius 1 is 1.14 bits per heavy atom. The minimum absolute atomic E-state index is 0.506. The minimum Gasteiger partial charge on any atom is -0.383 e.